The Bertz CT molecular complexity index is 797. The molecule has 1 aliphatic heterocycles. The summed E-state index contributed by atoms with van der Waals surface area (Å²) in [4.78, 5) is 12.6. The number of hydrogen-bond donors (Lipinski definition) is 0. The van der Waals surface area contributed by atoms with Crippen molar-refractivity contribution in [1.82, 2.24) is 0 Å². The molecule has 2 aliphatic rings. The number of carbonyl (C=O) groups is 1. The Kier molecular flexibility index (Phi) is 5.84. The van der Waals surface area contributed by atoms with Crippen molar-refractivity contribution in [2.45, 2.75) is 53.6 Å². The highest BCUT2D eigenvalue weighted by Gasteiger charge is 2.39. The monoisotopic (exact) mass is 336 g/mol. The van der Waals surface area contributed by atoms with Gasteiger partial charge in [-0.25, -0.2) is 0 Å². The Balaban J connectivity index is 0.000000528. The first-order valence-electron chi connectivity index (χ1n) is 9.22. The maximum atomic E-state index is 12.6. The molecule has 0 aromatic heterocycles. The smallest absolute Gasteiger partial charge is 0.171 e. The van der Waals surface area contributed by atoms with Crippen LogP contribution in [0.4, 0.5) is 0 Å². The molecule has 2 heteroatoms. The van der Waals surface area contributed by atoms with Gasteiger partial charge in [-0.2, -0.15) is 0 Å². The van der Waals surface area contributed by atoms with Crippen molar-refractivity contribution in [1.29, 1.82) is 0 Å². The molecule has 2 nitrogen and oxygen atoms in total. The van der Waals surface area contributed by atoms with Crippen LogP contribution in [0.25, 0.3) is 11.3 Å². The molecule has 0 spiro atoms. The molecule has 0 N–H and O–H groups in total. The highest BCUT2D eigenvalue weighted by molar-refractivity contribution is 6.30. The van der Waals surface area contributed by atoms with E-state index >= 15 is 0 Å². The molecular weight excluding hydrogens is 308 g/mol. The molecular formula is C23H28O2. The Labute approximate surface area is 151 Å². The van der Waals surface area contributed by atoms with E-state index < -0.39 is 5.60 Å². The highest BCUT2D eigenvalue weighted by Crippen LogP contribution is 2.46. The molecule has 0 saturated heterocycles. The summed E-state index contributed by atoms with van der Waals surface area (Å²) in [6, 6.07) is 16.1. The molecule has 2 aromatic carbocycles. The van der Waals surface area contributed by atoms with Gasteiger partial charge in [0.1, 0.15) is 11.4 Å². The quantitative estimate of drug-likeness (QED) is 0.590. The molecule has 0 radical (unpaired) electrons. The molecule has 0 amide bonds. The third-order valence-corrected chi connectivity index (χ3v) is 4.32. The standard InChI is InChI=1S/C19H16O2.2C2H6/c1-19(2)15-10-6-5-9-14(15)17-16(20)11-12-7-3-4-8-13(12)18(17)21-19;2*1-2/h3-10H,11H2,1-2H3;2*1-2H3. The van der Waals surface area contributed by atoms with Crippen LogP contribution in [0.5, 0.6) is 0 Å². The zero-order valence-corrected chi connectivity index (χ0v) is 16.1. The van der Waals surface area contributed by atoms with E-state index in [1.165, 1.54) is 0 Å². The number of rotatable bonds is 0. The van der Waals surface area contributed by atoms with E-state index in [0.29, 0.717) is 6.42 Å². The average Bonchev–Trinajstić information content (AvgIpc) is 2.65. The lowest BCUT2D eigenvalue weighted by atomic mass is 9.79. The summed E-state index contributed by atoms with van der Waals surface area (Å²) >= 11 is 0. The van der Waals surface area contributed by atoms with Crippen LogP contribution >= 0.6 is 0 Å². The minimum atomic E-state index is -0.430. The molecule has 0 fully saturated rings. The van der Waals surface area contributed by atoms with Gasteiger partial charge in [0, 0.05) is 17.5 Å². The Hall–Kier alpha value is -2.35. The number of hydrogen-bond acceptors (Lipinski definition) is 2. The molecule has 0 bridgehead atoms. The van der Waals surface area contributed by atoms with Crippen molar-refractivity contribution < 1.29 is 9.53 Å². The molecule has 1 heterocycles. The van der Waals surface area contributed by atoms with Crippen LogP contribution in [0.1, 0.15) is 63.8 Å². The summed E-state index contributed by atoms with van der Waals surface area (Å²) in [5, 5.41) is 0. The molecule has 25 heavy (non-hydrogen) atoms. The van der Waals surface area contributed by atoms with E-state index in [1.54, 1.807) is 0 Å². The number of ether oxygens (including phenoxy) is 1. The Morgan fingerprint density at radius 1 is 0.840 bits per heavy atom. The van der Waals surface area contributed by atoms with Crippen molar-refractivity contribution in [3.05, 3.63) is 70.8 Å². The van der Waals surface area contributed by atoms with Gasteiger partial charge in [-0.05, 0) is 25.0 Å². The first-order chi connectivity index (χ1) is 12.1. The fourth-order valence-electron chi connectivity index (χ4n) is 3.33. The van der Waals surface area contributed by atoms with E-state index in [1.807, 2.05) is 76.2 Å². The number of fused-ring (bicyclic) bond motifs is 4. The van der Waals surface area contributed by atoms with E-state index in [4.69, 9.17) is 4.74 Å². The first kappa shape index (κ1) is 19.0. The lowest BCUT2D eigenvalue weighted by molar-refractivity contribution is -0.113. The summed E-state index contributed by atoms with van der Waals surface area (Å²) in [6.07, 6.45) is 0.452. The number of ketones is 1. The van der Waals surface area contributed by atoms with Gasteiger partial charge in [0.05, 0.1) is 5.57 Å². The number of allylic oxidation sites excluding steroid dienone is 1. The van der Waals surface area contributed by atoms with Gasteiger partial charge in [-0.3, -0.25) is 4.79 Å². The summed E-state index contributed by atoms with van der Waals surface area (Å²) < 4.78 is 6.26. The fraction of sp³-hybridized carbons (Fsp3) is 0.348. The predicted molar refractivity (Wildman–Crippen MR) is 105 cm³/mol. The third kappa shape index (κ3) is 3.26. The second-order valence-corrected chi connectivity index (χ2v) is 6.12. The van der Waals surface area contributed by atoms with E-state index in [0.717, 1.165) is 33.6 Å². The lowest BCUT2D eigenvalue weighted by Gasteiger charge is -2.38. The molecule has 2 aromatic rings. The summed E-state index contributed by atoms with van der Waals surface area (Å²) in [5.74, 6) is 0.886. The van der Waals surface area contributed by atoms with Crippen LogP contribution in [0, 0.1) is 0 Å². The van der Waals surface area contributed by atoms with Crippen molar-refractivity contribution >= 4 is 17.1 Å². The summed E-state index contributed by atoms with van der Waals surface area (Å²) in [6.45, 7) is 12.1. The Morgan fingerprint density at radius 2 is 1.40 bits per heavy atom. The normalized spacial score (nSPS) is 16.0. The van der Waals surface area contributed by atoms with E-state index in [2.05, 4.69) is 13.8 Å². The molecule has 4 rings (SSSR count). The number of benzene rings is 2. The van der Waals surface area contributed by atoms with Crippen molar-refractivity contribution in [3.8, 4) is 0 Å². The molecule has 1 aliphatic carbocycles. The van der Waals surface area contributed by atoms with Crippen molar-refractivity contribution in [2.75, 3.05) is 0 Å². The van der Waals surface area contributed by atoms with Gasteiger partial charge in [0.15, 0.2) is 5.78 Å². The van der Waals surface area contributed by atoms with Gasteiger partial charge < -0.3 is 4.74 Å². The molecule has 0 saturated carbocycles. The average molecular weight is 336 g/mol. The van der Waals surface area contributed by atoms with Crippen LogP contribution in [0.2, 0.25) is 0 Å². The van der Waals surface area contributed by atoms with Gasteiger partial charge in [-0.1, -0.05) is 76.2 Å². The number of carbonyl (C=O) groups excluding carboxylic acids is 1. The maximum absolute atomic E-state index is 12.6. The molecule has 132 valence electrons. The van der Waals surface area contributed by atoms with Crippen molar-refractivity contribution in [3.63, 3.8) is 0 Å². The van der Waals surface area contributed by atoms with Crippen LogP contribution in [0.15, 0.2) is 48.5 Å². The SMILES string of the molecule is CC.CC.CC1(C)OC2=C(C(=O)Cc3ccccc32)c2ccccc21. The Morgan fingerprint density at radius 3 is 2.08 bits per heavy atom. The largest absolute Gasteiger partial charge is 0.482 e. The zero-order valence-electron chi connectivity index (χ0n) is 16.1. The third-order valence-electron chi connectivity index (χ3n) is 4.32. The van der Waals surface area contributed by atoms with Crippen molar-refractivity contribution in [2.24, 2.45) is 0 Å². The van der Waals surface area contributed by atoms with Crippen LogP contribution in [-0.2, 0) is 21.6 Å². The number of Topliss-reactive ketones (excluding diaryl/α,β-unsaturated/α-hetero) is 1. The second-order valence-electron chi connectivity index (χ2n) is 6.12. The fourth-order valence-corrected chi connectivity index (χ4v) is 3.33. The first-order valence-corrected chi connectivity index (χ1v) is 9.22. The predicted octanol–water partition coefficient (Wildman–Crippen LogP) is 6.00. The van der Waals surface area contributed by atoms with Crippen LogP contribution in [-0.4, -0.2) is 5.78 Å². The summed E-state index contributed by atoms with van der Waals surface area (Å²) in [5.41, 5.74) is 4.51. The zero-order chi connectivity index (χ0) is 18.6. The van der Waals surface area contributed by atoms with E-state index in [-0.39, 0.29) is 5.78 Å². The molecule has 0 atom stereocenters. The minimum Gasteiger partial charge on any atom is -0.482 e. The van der Waals surface area contributed by atoms with Crippen LogP contribution < -0.4 is 0 Å². The maximum Gasteiger partial charge on any atom is 0.171 e. The molecule has 0 unspecified atom stereocenters. The minimum absolute atomic E-state index is 0.145. The van der Waals surface area contributed by atoms with Gasteiger partial charge in [-0.15, -0.1) is 0 Å². The van der Waals surface area contributed by atoms with Gasteiger partial charge in [0.25, 0.3) is 0 Å². The highest BCUT2D eigenvalue weighted by atomic mass is 16.5. The van der Waals surface area contributed by atoms with E-state index in [9.17, 15) is 4.79 Å². The topological polar surface area (TPSA) is 26.3 Å². The summed E-state index contributed by atoms with van der Waals surface area (Å²) in [7, 11) is 0. The second kappa shape index (κ2) is 7.69. The van der Waals surface area contributed by atoms with Gasteiger partial charge in [0.2, 0.25) is 0 Å². The lowest BCUT2D eigenvalue weighted by Crippen LogP contribution is -2.31. The van der Waals surface area contributed by atoms with Crippen LogP contribution in [0.3, 0.4) is 0 Å². The van der Waals surface area contributed by atoms with Gasteiger partial charge >= 0.3 is 0 Å².